The largest absolute Gasteiger partial charge is 0.494 e. The Morgan fingerprint density at radius 3 is 2.02 bits per heavy atom. The number of carboxylic acid groups (broad SMARTS) is 1. The third-order valence-corrected chi connectivity index (χ3v) is 9.11. The second kappa shape index (κ2) is 22.2. The number of amides is 4. The second-order valence-corrected chi connectivity index (χ2v) is 13.8. The van der Waals surface area contributed by atoms with Gasteiger partial charge in [-0.1, -0.05) is 66.6 Å². The predicted octanol–water partition coefficient (Wildman–Crippen LogP) is 1.95. The van der Waals surface area contributed by atoms with Crippen molar-refractivity contribution in [2.75, 3.05) is 19.8 Å². The van der Waals surface area contributed by atoms with Crippen LogP contribution in [0.2, 0.25) is 0 Å². The highest BCUT2D eigenvalue weighted by molar-refractivity contribution is 5.96. The van der Waals surface area contributed by atoms with E-state index in [1.165, 1.54) is 0 Å². The Morgan fingerprint density at radius 2 is 1.42 bits per heavy atom. The maximum atomic E-state index is 13.8. The van der Waals surface area contributed by atoms with Crippen LogP contribution in [0, 0.1) is 13.8 Å². The smallest absolute Gasteiger partial charge is 0.305 e. The Morgan fingerprint density at radius 1 is 0.782 bits per heavy atom. The number of carbonyl (C=O) groups excluding carboxylic acids is 4. The van der Waals surface area contributed by atoms with E-state index in [0.717, 1.165) is 58.4 Å². The lowest BCUT2D eigenvalue weighted by Gasteiger charge is -2.25. The molecule has 0 saturated carbocycles. The molecule has 0 aliphatic carbocycles. The Labute approximate surface area is 322 Å². The van der Waals surface area contributed by atoms with Gasteiger partial charge in [-0.15, -0.1) is 0 Å². The van der Waals surface area contributed by atoms with Gasteiger partial charge in [-0.2, -0.15) is 0 Å². The number of aliphatic carboxylic acids is 1. The van der Waals surface area contributed by atoms with Crippen molar-refractivity contribution >= 4 is 29.6 Å². The summed E-state index contributed by atoms with van der Waals surface area (Å²) in [6, 6.07) is 14.1. The number of unbranched alkanes of at least 4 members (excludes halogenated alkanes) is 1. The third kappa shape index (κ3) is 14.5. The lowest BCUT2D eigenvalue weighted by molar-refractivity contribution is -0.141. The van der Waals surface area contributed by atoms with Gasteiger partial charge in [0.05, 0.1) is 19.6 Å². The molecule has 0 aliphatic heterocycles. The molecule has 0 fully saturated rings. The van der Waals surface area contributed by atoms with Gasteiger partial charge in [0.15, 0.2) is 0 Å². The maximum absolute atomic E-state index is 13.8. The summed E-state index contributed by atoms with van der Waals surface area (Å²) in [4.78, 5) is 63.9. The van der Waals surface area contributed by atoms with Crippen LogP contribution in [0.15, 0.2) is 60.7 Å². The van der Waals surface area contributed by atoms with E-state index in [1.54, 1.807) is 0 Å². The van der Waals surface area contributed by atoms with Gasteiger partial charge in [0.25, 0.3) is 0 Å². The van der Waals surface area contributed by atoms with Crippen molar-refractivity contribution in [1.82, 2.24) is 16.0 Å². The standard InChI is InChI=1S/C41H56N6O8/c1-4-29-22-31(55-17-6-5-16-42)14-15-32(29)30-12-10-27(11-13-30)21-35(47-41(54)36(23-37(49)50)46-39(52)33(43)24-48)40(53)45-34(38(44)51)9-7-8-28-19-25(2)18-26(3)20-28/h10-15,18-20,22,33-36,48H,4-9,16-17,21,23-24,42-43H2,1-3H3,(H2,44,51)(H,45,53)(H,46,52)(H,47,54)(H,49,50)/t33-,34-,35-,36-/m0/s1. The molecule has 4 atom stereocenters. The fourth-order valence-electron chi connectivity index (χ4n) is 6.24. The zero-order valence-electron chi connectivity index (χ0n) is 31.9. The summed E-state index contributed by atoms with van der Waals surface area (Å²) in [6.07, 6.45) is 3.05. The lowest BCUT2D eigenvalue weighted by atomic mass is 9.95. The second-order valence-electron chi connectivity index (χ2n) is 13.8. The number of hydrogen-bond donors (Lipinski definition) is 8. The summed E-state index contributed by atoms with van der Waals surface area (Å²) in [5.41, 5.74) is 23.8. The highest BCUT2D eigenvalue weighted by Crippen LogP contribution is 2.29. The van der Waals surface area contributed by atoms with E-state index >= 15 is 0 Å². The first-order chi connectivity index (χ1) is 26.2. The number of primary amides is 1. The first-order valence-electron chi connectivity index (χ1n) is 18.7. The average Bonchev–Trinajstić information content (AvgIpc) is 3.14. The highest BCUT2D eigenvalue weighted by atomic mass is 16.5. The van der Waals surface area contributed by atoms with Gasteiger partial charge in [-0.3, -0.25) is 24.0 Å². The molecule has 0 bridgehead atoms. The van der Waals surface area contributed by atoms with Crippen molar-refractivity contribution in [3.05, 3.63) is 88.5 Å². The van der Waals surface area contributed by atoms with E-state index in [4.69, 9.17) is 21.9 Å². The minimum atomic E-state index is -1.62. The lowest BCUT2D eigenvalue weighted by Crippen LogP contribution is -2.58. The molecule has 298 valence electrons. The monoisotopic (exact) mass is 760 g/mol. The van der Waals surface area contributed by atoms with Crippen molar-refractivity contribution in [3.8, 4) is 16.9 Å². The van der Waals surface area contributed by atoms with Crippen LogP contribution in [0.1, 0.15) is 66.8 Å². The zero-order chi connectivity index (χ0) is 40.5. The fourth-order valence-corrected chi connectivity index (χ4v) is 6.24. The molecule has 0 saturated heterocycles. The van der Waals surface area contributed by atoms with E-state index in [2.05, 4.69) is 41.1 Å². The SMILES string of the molecule is CCc1cc(OCCCCN)ccc1-c1ccc(C[C@H](NC(=O)[C@H](CC(=O)O)NC(=O)[C@@H](N)CO)C(=O)N[C@@H](CCCc2cc(C)cc(C)c2)C(N)=O)cc1. The maximum Gasteiger partial charge on any atom is 0.305 e. The summed E-state index contributed by atoms with van der Waals surface area (Å²) < 4.78 is 5.90. The van der Waals surface area contributed by atoms with Crippen molar-refractivity contribution in [1.29, 1.82) is 0 Å². The van der Waals surface area contributed by atoms with Gasteiger partial charge in [-0.25, -0.2) is 0 Å². The van der Waals surface area contributed by atoms with E-state index < -0.39 is 66.8 Å². The number of rotatable bonds is 23. The summed E-state index contributed by atoms with van der Waals surface area (Å²) in [6.45, 7) is 6.51. The van der Waals surface area contributed by atoms with Crippen LogP contribution in [0.25, 0.3) is 11.1 Å². The van der Waals surface area contributed by atoms with Crippen LogP contribution >= 0.6 is 0 Å². The van der Waals surface area contributed by atoms with E-state index in [0.29, 0.717) is 31.6 Å². The number of aliphatic hydroxyl groups excluding tert-OH is 1. The first-order valence-corrected chi connectivity index (χ1v) is 18.7. The fraction of sp³-hybridized carbons (Fsp3) is 0.439. The number of hydrogen-bond acceptors (Lipinski definition) is 9. The molecule has 11 N–H and O–H groups in total. The summed E-state index contributed by atoms with van der Waals surface area (Å²) >= 11 is 0. The molecule has 0 radical (unpaired) electrons. The van der Waals surface area contributed by atoms with Crippen molar-refractivity contribution in [3.63, 3.8) is 0 Å². The van der Waals surface area contributed by atoms with Crippen LogP contribution < -0.4 is 37.9 Å². The topological polar surface area (TPSA) is 249 Å². The van der Waals surface area contributed by atoms with Gasteiger partial charge in [-0.05, 0) is 98.9 Å². The third-order valence-electron chi connectivity index (χ3n) is 9.11. The molecule has 0 unspecified atom stereocenters. The Kier molecular flexibility index (Phi) is 17.8. The van der Waals surface area contributed by atoms with E-state index in [-0.39, 0.29) is 12.8 Å². The van der Waals surface area contributed by atoms with Gasteiger partial charge < -0.3 is 48.1 Å². The van der Waals surface area contributed by atoms with Gasteiger partial charge in [0.2, 0.25) is 23.6 Å². The van der Waals surface area contributed by atoms with Crippen LogP contribution in [0.3, 0.4) is 0 Å². The molecule has 0 aliphatic rings. The number of carboxylic acids is 1. The van der Waals surface area contributed by atoms with Gasteiger partial charge in [0, 0.05) is 6.42 Å². The Balaban J connectivity index is 1.85. The molecular formula is C41H56N6O8. The molecule has 55 heavy (non-hydrogen) atoms. The van der Waals surface area contributed by atoms with Crippen molar-refractivity contribution in [2.45, 2.75) is 96.3 Å². The number of benzene rings is 3. The van der Waals surface area contributed by atoms with Crippen LogP contribution in [0.4, 0.5) is 0 Å². The zero-order valence-corrected chi connectivity index (χ0v) is 31.9. The minimum Gasteiger partial charge on any atom is -0.494 e. The normalized spacial score (nSPS) is 13.2. The summed E-state index contributed by atoms with van der Waals surface area (Å²) in [7, 11) is 0. The molecule has 14 nitrogen and oxygen atoms in total. The Hall–Kier alpha value is -5.31. The minimum absolute atomic E-state index is 0.0496. The average molecular weight is 761 g/mol. The molecule has 4 amide bonds. The van der Waals surface area contributed by atoms with E-state index in [1.807, 2.05) is 56.3 Å². The van der Waals surface area contributed by atoms with E-state index in [9.17, 15) is 34.2 Å². The van der Waals surface area contributed by atoms with Crippen LogP contribution in [-0.4, -0.2) is 83.7 Å². The molecule has 3 aromatic rings. The molecule has 3 aromatic carbocycles. The van der Waals surface area contributed by atoms with Gasteiger partial charge in [0.1, 0.15) is 29.9 Å². The summed E-state index contributed by atoms with van der Waals surface area (Å²) in [5.74, 6) is -4.03. The van der Waals surface area contributed by atoms with Gasteiger partial charge >= 0.3 is 5.97 Å². The predicted molar refractivity (Wildman–Crippen MR) is 210 cm³/mol. The molecular weight excluding hydrogens is 704 g/mol. The number of nitrogens with one attached hydrogen (secondary N) is 3. The summed E-state index contributed by atoms with van der Waals surface area (Å²) in [5, 5.41) is 26.2. The molecule has 0 heterocycles. The molecule has 0 spiro atoms. The molecule has 0 aromatic heterocycles. The Bertz CT molecular complexity index is 1750. The molecule has 14 heteroatoms. The number of carbonyl (C=O) groups is 5. The quantitative estimate of drug-likeness (QED) is 0.0653. The van der Waals surface area contributed by atoms with Crippen LogP contribution in [0.5, 0.6) is 5.75 Å². The van der Waals surface area contributed by atoms with Crippen LogP contribution in [-0.2, 0) is 43.2 Å². The van der Waals surface area contributed by atoms with Crippen molar-refractivity contribution in [2.24, 2.45) is 17.2 Å². The van der Waals surface area contributed by atoms with Crippen molar-refractivity contribution < 1.29 is 38.9 Å². The first kappa shape index (κ1) is 44.1. The number of nitrogens with two attached hydrogens (primary N) is 3. The number of aryl methyl sites for hydroxylation is 4. The highest BCUT2D eigenvalue weighted by Gasteiger charge is 2.31. The number of ether oxygens (including phenoxy) is 1. The number of aliphatic hydroxyl groups is 1. The molecule has 3 rings (SSSR count).